The Bertz CT molecular complexity index is 571. The van der Waals surface area contributed by atoms with E-state index in [9.17, 15) is 0 Å². The van der Waals surface area contributed by atoms with Crippen molar-refractivity contribution in [3.63, 3.8) is 0 Å². The monoisotopic (exact) mass is 488 g/mol. The third-order valence-corrected chi connectivity index (χ3v) is 5.21. The van der Waals surface area contributed by atoms with Crippen molar-refractivity contribution in [2.75, 3.05) is 33.8 Å². The maximum absolute atomic E-state index is 5.75. The molecule has 0 radical (unpaired) electrons. The first-order chi connectivity index (χ1) is 12.5. The smallest absolute Gasteiger partial charge is 0.193 e. The molecule has 0 spiro atoms. The molecule has 0 bridgehead atoms. The lowest BCUT2D eigenvalue weighted by Gasteiger charge is -2.34. The van der Waals surface area contributed by atoms with Gasteiger partial charge in [-0.3, -0.25) is 9.89 Å². The van der Waals surface area contributed by atoms with E-state index in [4.69, 9.17) is 4.74 Å². The summed E-state index contributed by atoms with van der Waals surface area (Å²) in [7, 11) is 4.05. The molecule has 27 heavy (non-hydrogen) atoms. The minimum atomic E-state index is 0. The second-order valence-electron chi connectivity index (χ2n) is 7.32. The lowest BCUT2D eigenvalue weighted by atomic mass is 10.1. The standard InChI is InChI=1S/C21H36N4O.HI/c1-6-26-20-11-13-25(14-12-20)21(22-4)23-15-18-9-7-8-10-19(18)16-24(5)17(2)3;/h7-10,17,20H,6,11-16H2,1-5H3,(H,22,23);1H. The summed E-state index contributed by atoms with van der Waals surface area (Å²) < 4.78 is 5.75. The average molecular weight is 488 g/mol. The Labute approximate surface area is 182 Å². The maximum Gasteiger partial charge on any atom is 0.193 e. The molecule has 2 rings (SSSR count). The van der Waals surface area contributed by atoms with Crippen LogP contribution >= 0.6 is 24.0 Å². The number of rotatable bonds is 7. The van der Waals surface area contributed by atoms with E-state index in [0.29, 0.717) is 12.1 Å². The van der Waals surface area contributed by atoms with Crippen molar-refractivity contribution in [2.45, 2.75) is 58.8 Å². The molecule has 1 heterocycles. The van der Waals surface area contributed by atoms with Gasteiger partial charge in [0.15, 0.2) is 5.96 Å². The van der Waals surface area contributed by atoms with Crippen molar-refractivity contribution in [2.24, 2.45) is 4.99 Å². The molecular weight excluding hydrogens is 451 g/mol. The van der Waals surface area contributed by atoms with E-state index in [0.717, 1.165) is 51.6 Å². The van der Waals surface area contributed by atoms with E-state index in [2.05, 4.69) is 72.2 Å². The fourth-order valence-electron chi connectivity index (χ4n) is 3.31. The third-order valence-electron chi connectivity index (χ3n) is 5.21. The first-order valence-corrected chi connectivity index (χ1v) is 9.89. The fraction of sp³-hybridized carbons (Fsp3) is 0.667. The number of ether oxygens (including phenoxy) is 1. The summed E-state index contributed by atoms with van der Waals surface area (Å²) >= 11 is 0. The van der Waals surface area contributed by atoms with Gasteiger partial charge >= 0.3 is 0 Å². The van der Waals surface area contributed by atoms with E-state index < -0.39 is 0 Å². The van der Waals surface area contributed by atoms with E-state index in [1.165, 1.54) is 11.1 Å². The summed E-state index contributed by atoms with van der Waals surface area (Å²) in [5.41, 5.74) is 2.71. The number of benzene rings is 1. The molecule has 1 N–H and O–H groups in total. The van der Waals surface area contributed by atoms with Gasteiger partial charge in [-0.25, -0.2) is 0 Å². The Hall–Kier alpha value is -0.860. The summed E-state index contributed by atoms with van der Waals surface area (Å²) in [5, 5.41) is 3.56. The molecule has 1 aromatic rings. The van der Waals surface area contributed by atoms with Crippen molar-refractivity contribution < 1.29 is 4.74 Å². The van der Waals surface area contributed by atoms with Gasteiger partial charge in [0.1, 0.15) is 0 Å². The fourth-order valence-corrected chi connectivity index (χ4v) is 3.31. The molecule has 1 aliphatic rings. The summed E-state index contributed by atoms with van der Waals surface area (Å²) in [4.78, 5) is 9.21. The predicted molar refractivity (Wildman–Crippen MR) is 125 cm³/mol. The van der Waals surface area contributed by atoms with Crippen LogP contribution in [0.15, 0.2) is 29.3 Å². The van der Waals surface area contributed by atoms with Gasteiger partial charge in [0, 0.05) is 45.9 Å². The normalized spacial score (nSPS) is 16.0. The molecule has 0 aliphatic carbocycles. The molecule has 5 nitrogen and oxygen atoms in total. The van der Waals surface area contributed by atoms with Gasteiger partial charge in [-0.2, -0.15) is 0 Å². The molecule has 1 aliphatic heterocycles. The quantitative estimate of drug-likeness (QED) is 0.361. The molecular formula is C21H37IN4O. The van der Waals surface area contributed by atoms with E-state index in [1.807, 2.05) is 7.05 Å². The predicted octanol–water partition coefficient (Wildman–Crippen LogP) is 3.72. The van der Waals surface area contributed by atoms with Crippen molar-refractivity contribution in [3.05, 3.63) is 35.4 Å². The molecule has 1 saturated heterocycles. The van der Waals surface area contributed by atoms with Gasteiger partial charge in [0.2, 0.25) is 0 Å². The number of halogens is 1. The summed E-state index contributed by atoms with van der Waals surface area (Å²) in [6.07, 6.45) is 2.55. The van der Waals surface area contributed by atoms with Crippen LogP contribution in [0.1, 0.15) is 44.7 Å². The zero-order chi connectivity index (χ0) is 18.9. The number of hydrogen-bond donors (Lipinski definition) is 1. The highest BCUT2D eigenvalue weighted by Crippen LogP contribution is 2.15. The minimum absolute atomic E-state index is 0. The molecule has 1 aromatic carbocycles. The number of likely N-dealkylation sites (tertiary alicyclic amines) is 1. The number of nitrogens with one attached hydrogen (secondary N) is 1. The zero-order valence-electron chi connectivity index (χ0n) is 17.6. The van der Waals surface area contributed by atoms with Crippen LogP contribution in [0.4, 0.5) is 0 Å². The maximum atomic E-state index is 5.75. The number of hydrogen-bond acceptors (Lipinski definition) is 3. The Morgan fingerprint density at radius 2 is 1.89 bits per heavy atom. The van der Waals surface area contributed by atoms with Crippen molar-refractivity contribution in [1.29, 1.82) is 0 Å². The second-order valence-corrected chi connectivity index (χ2v) is 7.32. The van der Waals surface area contributed by atoms with E-state index in [1.54, 1.807) is 0 Å². The Morgan fingerprint density at radius 1 is 1.26 bits per heavy atom. The van der Waals surface area contributed by atoms with Crippen molar-refractivity contribution in [1.82, 2.24) is 15.1 Å². The van der Waals surface area contributed by atoms with Crippen LogP contribution in [-0.4, -0.2) is 61.7 Å². The Morgan fingerprint density at radius 3 is 2.44 bits per heavy atom. The Balaban J connectivity index is 0.00000364. The van der Waals surface area contributed by atoms with Crippen molar-refractivity contribution in [3.8, 4) is 0 Å². The van der Waals surface area contributed by atoms with Gasteiger partial charge in [0.05, 0.1) is 6.10 Å². The highest BCUT2D eigenvalue weighted by atomic mass is 127. The summed E-state index contributed by atoms with van der Waals surface area (Å²) in [6, 6.07) is 9.22. The lowest BCUT2D eigenvalue weighted by molar-refractivity contribution is 0.0263. The van der Waals surface area contributed by atoms with Crippen LogP contribution in [0.3, 0.4) is 0 Å². The number of nitrogens with zero attached hydrogens (tertiary/aromatic N) is 3. The van der Waals surface area contributed by atoms with Gasteiger partial charge in [-0.1, -0.05) is 24.3 Å². The molecule has 1 fully saturated rings. The van der Waals surface area contributed by atoms with Gasteiger partial charge in [-0.05, 0) is 51.8 Å². The second kappa shape index (κ2) is 12.6. The highest BCUT2D eigenvalue weighted by Gasteiger charge is 2.21. The van der Waals surface area contributed by atoms with Crippen molar-refractivity contribution >= 4 is 29.9 Å². The SMILES string of the molecule is CCOC1CCN(C(=NC)NCc2ccccc2CN(C)C(C)C)CC1.I. The molecule has 0 unspecified atom stereocenters. The van der Waals surface area contributed by atoms with Crippen LogP contribution in [0.5, 0.6) is 0 Å². The number of piperidine rings is 1. The molecule has 0 atom stereocenters. The Kier molecular flexibility index (Phi) is 11.3. The molecule has 0 amide bonds. The van der Waals surface area contributed by atoms with Gasteiger partial charge < -0.3 is 15.0 Å². The summed E-state index contributed by atoms with van der Waals surface area (Å²) in [6.45, 7) is 11.1. The molecule has 0 saturated carbocycles. The van der Waals surface area contributed by atoms with Crippen LogP contribution in [0.25, 0.3) is 0 Å². The van der Waals surface area contributed by atoms with E-state index in [-0.39, 0.29) is 24.0 Å². The topological polar surface area (TPSA) is 40.1 Å². The molecule has 0 aromatic heterocycles. The van der Waals surface area contributed by atoms with Crippen LogP contribution in [0.2, 0.25) is 0 Å². The largest absolute Gasteiger partial charge is 0.378 e. The highest BCUT2D eigenvalue weighted by molar-refractivity contribution is 14.0. The number of guanidine groups is 1. The number of aliphatic imine (C=N–C) groups is 1. The third kappa shape index (κ3) is 7.58. The zero-order valence-corrected chi connectivity index (χ0v) is 19.9. The lowest BCUT2D eigenvalue weighted by Crippen LogP contribution is -2.46. The summed E-state index contributed by atoms with van der Waals surface area (Å²) in [5.74, 6) is 0.993. The molecule has 154 valence electrons. The van der Waals surface area contributed by atoms with Crippen LogP contribution in [0, 0.1) is 0 Å². The van der Waals surface area contributed by atoms with Crippen LogP contribution in [-0.2, 0) is 17.8 Å². The minimum Gasteiger partial charge on any atom is -0.378 e. The first kappa shape index (κ1) is 24.2. The van der Waals surface area contributed by atoms with Gasteiger partial charge in [-0.15, -0.1) is 24.0 Å². The first-order valence-electron chi connectivity index (χ1n) is 9.89. The van der Waals surface area contributed by atoms with Gasteiger partial charge in [0.25, 0.3) is 0 Å². The van der Waals surface area contributed by atoms with Crippen LogP contribution < -0.4 is 5.32 Å². The van der Waals surface area contributed by atoms with E-state index >= 15 is 0 Å². The molecule has 6 heteroatoms. The average Bonchev–Trinajstić information content (AvgIpc) is 2.64.